The highest BCUT2D eigenvalue weighted by atomic mass is 16.5. The lowest BCUT2D eigenvalue weighted by molar-refractivity contribution is 0.445. The molecule has 0 bridgehead atoms. The number of rotatable bonds is 6. The van der Waals surface area contributed by atoms with Crippen LogP contribution in [0.15, 0.2) is 97.1 Å². The Hall–Kier alpha value is -3.92. The molecule has 4 N–H and O–H groups in total. The van der Waals surface area contributed by atoms with Gasteiger partial charge in [-0.3, -0.25) is 0 Å². The summed E-state index contributed by atoms with van der Waals surface area (Å²) in [5.41, 5.74) is 15.0. The summed E-state index contributed by atoms with van der Waals surface area (Å²) in [5, 5.41) is 0. The van der Waals surface area contributed by atoms with Gasteiger partial charge in [-0.15, -0.1) is 0 Å². The van der Waals surface area contributed by atoms with Gasteiger partial charge in [0.05, 0.1) is 0 Å². The number of hydrogen-bond acceptors (Lipinski definition) is 4. The summed E-state index contributed by atoms with van der Waals surface area (Å²) in [6.07, 6.45) is 0. The van der Waals surface area contributed by atoms with Crippen molar-refractivity contribution in [2.75, 3.05) is 11.5 Å². The summed E-state index contributed by atoms with van der Waals surface area (Å²) >= 11 is 0. The van der Waals surface area contributed by atoms with Gasteiger partial charge in [-0.2, -0.15) is 0 Å². The van der Waals surface area contributed by atoms with E-state index in [2.05, 4.69) is 13.8 Å². The minimum absolute atomic E-state index is 0.449. The number of benzene rings is 4. The lowest BCUT2D eigenvalue weighted by atomic mass is 9.77. The number of anilines is 2. The van der Waals surface area contributed by atoms with E-state index in [1.54, 1.807) is 0 Å². The Morgan fingerprint density at radius 3 is 1.32 bits per heavy atom. The molecule has 0 aliphatic heterocycles. The first kappa shape index (κ1) is 20.4. The molecule has 0 saturated heterocycles. The first-order valence-electron chi connectivity index (χ1n) is 10.2. The third-order valence-electron chi connectivity index (χ3n) is 5.30. The van der Waals surface area contributed by atoms with Crippen LogP contribution in [0.4, 0.5) is 11.4 Å². The van der Waals surface area contributed by atoms with Crippen LogP contribution in [-0.2, 0) is 5.41 Å². The molecule has 4 aromatic carbocycles. The van der Waals surface area contributed by atoms with Crippen molar-refractivity contribution >= 4 is 11.4 Å². The summed E-state index contributed by atoms with van der Waals surface area (Å²) in [5.74, 6) is 2.92. The molecule has 0 saturated carbocycles. The maximum Gasteiger partial charge on any atom is 0.133 e. The number of para-hydroxylation sites is 2. The lowest BCUT2D eigenvalue weighted by Gasteiger charge is -2.30. The molecule has 0 aromatic heterocycles. The summed E-state index contributed by atoms with van der Waals surface area (Å²) in [6, 6.07) is 30.9. The molecular weight excluding hydrogens is 384 g/mol. The molecular formula is C27H26N2O2. The van der Waals surface area contributed by atoms with Crippen LogP contribution in [0.25, 0.3) is 0 Å². The predicted octanol–water partition coefficient (Wildman–Crippen LogP) is 6.76. The fraction of sp³-hybridized carbons (Fsp3) is 0.111. The molecule has 0 spiro atoms. The summed E-state index contributed by atoms with van der Waals surface area (Å²) in [4.78, 5) is 0. The van der Waals surface area contributed by atoms with Gasteiger partial charge >= 0.3 is 0 Å². The maximum absolute atomic E-state index is 6.23. The van der Waals surface area contributed by atoms with E-state index in [4.69, 9.17) is 20.9 Å². The van der Waals surface area contributed by atoms with Crippen LogP contribution in [0.3, 0.4) is 0 Å². The molecule has 4 rings (SSSR count). The molecule has 4 aromatic rings. The van der Waals surface area contributed by atoms with E-state index in [9.17, 15) is 0 Å². The topological polar surface area (TPSA) is 70.5 Å². The minimum Gasteiger partial charge on any atom is -0.457 e. The monoisotopic (exact) mass is 410 g/mol. The van der Waals surface area contributed by atoms with Gasteiger partial charge in [-0.25, -0.2) is 0 Å². The average Bonchev–Trinajstić information content (AvgIpc) is 2.75. The molecule has 0 unspecified atom stereocenters. The summed E-state index contributed by atoms with van der Waals surface area (Å²) in [6.45, 7) is 4.28. The van der Waals surface area contributed by atoms with Crippen molar-refractivity contribution in [1.82, 2.24) is 0 Å². The molecule has 0 radical (unpaired) electrons. The van der Waals surface area contributed by atoms with Crippen molar-refractivity contribution in [2.45, 2.75) is 19.3 Å². The zero-order valence-corrected chi connectivity index (χ0v) is 17.7. The van der Waals surface area contributed by atoms with Gasteiger partial charge in [0.25, 0.3) is 0 Å². The SMILES string of the molecule is CC(C)(c1ccc(N)cc1Oc1ccccc1)c1ccc(N)cc1Oc1ccccc1. The smallest absolute Gasteiger partial charge is 0.133 e. The Labute approximate surface area is 183 Å². The van der Waals surface area contributed by atoms with Crippen molar-refractivity contribution in [3.05, 3.63) is 108 Å². The number of ether oxygens (including phenoxy) is 2. The first-order valence-corrected chi connectivity index (χ1v) is 10.2. The van der Waals surface area contributed by atoms with E-state index >= 15 is 0 Å². The molecule has 156 valence electrons. The average molecular weight is 411 g/mol. The second-order valence-electron chi connectivity index (χ2n) is 7.97. The van der Waals surface area contributed by atoms with Gasteiger partial charge in [0, 0.05) is 40.0 Å². The first-order chi connectivity index (χ1) is 14.9. The van der Waals surface area contributed by atoms with Crippen LogP contribution in [0.5, 0.6) is 23.0 Å². The van der Waals surface area contributed by atoms with Crippen molar-refractivity contribution in [3.63, 3.8) is 0 Å². The largest absolute Gasteiger partial charge is 0.457 e. The van der Waals surface area contributed by atoms with Crippen LogP contribution in [0, 0.1) is 0 Å². The molecule has 4 nitrogen and oxygen atoms in total. The second kappa shape index (κ2) is 8.44. The highest BCUT2D eigenvalue weighted by Gasteiger charge is 2.30. The maximum atomic E-state index is 6.23. The van der Waals surface area contributed by atoms with Crippen LogP contribution in [0.2, 0.25) is 0 Å². The molecule has 31 heavy (non-hydrogen) atoms. The molecule has 0 atom stereocenters. The molecule has 0 heterocycles. The van der Waals surface area contributed by atoms with Crippen LogP contribution >= 0.6 is 0 Å². The fourth-order valence-corrected chi connectivity index (χ4v) is 3.66. The fourth-order valence-electron chi connectivity index (χ4n) is 3.66. The number of nitrogens with two attached hydrogens (primary N) is 2. The third kappa shape index (κ3) is 4.48. The zero-order chi connectivity index (χ0) is 21.8. The third-order valence-corrected chi connectivity index (χ3v) is 5.30. The van der Waals surface area contributed by atoms with Gasteiger partial charge in [0.1, 0.15) is 23.0 Å². The van der Waals surface area contributed by atoms with Crippen LogP contribution in [-0.4, -0.2) is 0 Å². The lowest BCUT2D eigenvalue weighted by Crippen LogP contribution is -2.21. The van der Waals surface area contributed by atoms with Gasteiger partial charge in [-0.05, 0) is 36.4 Å². The molecule has 0 amide bonds. The molecule has 0 fully saturated rings. The van der Waals surface area contributed by atoms with Crippen molar-refractivity contribution in [2.24, 2.45) is 0 Å². The Balaban J connectivity index is 1.79. The normalized spacial score (nSPS) is 11.2. The van der Waals surface area contributed by atoms with E-state index in [-0.39, 0.29) is 0 Å². The van der Waals surface area contributed by atoms with Crippen molar-refractivity contribution in [1.29, 1.82) is 0 Å². The van der Waals surface area contributed by atoms with Gasteiger partial charge in [0.15, 0.2) is 0 Å². The van der Waals surface area contributed by atoms with E-state index in [1.165, 1.54) is 0 Å². The van der Waals surface area contributed by atoms with E-state index < -0.39 is 5.41 Å². The quantitative estimate of drug-likeness (QED) is 0.344. The van der Waals surface area contributed by atoms with E-state index in [0.717, 1.165) is 22.6 Å². The number of nitrogen functional groups attached to an aromatic ring is 2. The van der Waals surface area contributed by atoms with Gasteiger partial charge < -0.3 is 20.9 Å². The number of hydrogen-bond donors (Lipinski definition) is 2. The Kier molecular flexibility index (Phi) is 5.54. The van der Waals surface area contributed by atoms with Gasteiger partial charge in [-0.1, -0.05) is 62.4 Å². The molecule has 0 aliphatic rings. The highest BCUT2D eigenvalue weighted by molar-refractivity contribution is 5.59. The van der Waals surface area contributed by atoms with E-state index in [0.29, 0.717) is 22.9 Å². The predicted molar refractivity (Wildman–Crippen MR) is 127 cm³/mol. The molecule has 0 aliphatic carbocycles. The zero-order valence-electron chi connectivity index (χ0n) is 17.7. The van der Waals surface area contributed by atoms with Crippen LogP contribution < -0.4 is 20.9 Å². The van der Waals surface area contributed by atoms with Crippen LogP contribution in [0.1, 0.15) is 25.0 Å². The minimum atomic E-state index is -0.449. The highest BCUT2D eigenvalue weighted by Crippen LogP contribution is 2.44. The van der Waals surface area contributed by atoms with Crippen molar-refractivity contribution < 1.29 is 9.47 Å². The summed E-state index contributed by atoms with van der Waals surface area (Å²) in [7, 11) is 0. The van der Waals surface area contributed by atoms with Gasteiger partial charge in [0.2, 0.25) is 0 Å². The van der Waals surface area contributed by atoms with Crippen molar-refractivity contribution in [3.8, 4) is 23.0 Å². The Morgan fingerprint density at radius 2 is 0.935 bits per heavy atom. The molecule has 4 heteroatoms. The summed E-state index contributed by atoms with van der Waals surface area (Å²) < 4.78 is 12.5. The Bertz CT molecular complexity index is 1080. The Morgan fingerprint density at radius 1 is 0.548 bits per heavy atom. The standard InChI is InChI=1S/C27H26N2O2/c1-27(2,23-15-13-19(28)17-25(23)30-21-9-5-3-6-10-21)24-16-14-20(29)18-26(24)31-22-11-7-4-8-12-22/h3-18H,28-29H2,1-2H3. The van der Waals surface area contributed by atoms with E-state index in [1.807, 2.05) is 97.1 Å². The second-order valence-corrected chi connectivity index (χ2v) is 7.97.